The topological polar surface area (TPSA) is 75.6 Å². The Labute approximate surface area is 129 Å². The molecule has 0 aliphatic heterocycles. The van der Waals surface area contributed by atoms with E-state index in [1.807, 2.05) is 0 Å². The fourth-order valence-electron chi connectivity index (χ4n) is 4.08. The first-order valence-electron chi connectivity index (χ1n) is 7.78. The molecule has 1 amide bonds. The molecule has 4 rings (SSSR count). The highest BCUT2D eigenvalue weighted by molar-refractivity contribution is 5.95. The van der Waals surface area contributed by atoms with Crippen LogP contribution in [0.15, 0.2) is 24.3 Å². The van der Waals surface area contributed by atoms with Crippen LogP contribution in [-0.2, 0) is 9.59 Å². The Morgan fingerprint density at radius 1 is 1.05 bits per heavy atom. The molecule has 1 aromatic carbocycles. The standard InChI is InChI=1S/C17H21NO4/c1-22-13-8-6-12(7-9-13)18-16(19)14-10-2-4-11(5-3-10)15(14)17(20)21/h6-11,14-15H,2-5H2,1H3,(H,18,19)(H,20,21)/t10?,11?,14-,15-/m1/s1. The minimum absolute atomic E-state index is 0.147. The first kappa shape index (κ1) is 14.9. The number of carboxylic acid groups (broad SMARTS) is 1. The number of carbonyl (C=O) groups excluding carboxylic acids is 1. The summed E-state index contributed by atoms with van der Waals surface area (Å²) in [5.41, 5.74) is 0.677. The second-order valence-electron chi connectivity index (χ2n) is 6.28. The number of benzene rings is 1. The van der Waals surface area contributed by atoms with Gasteiger partial charge in [0.2, 0.25) is 5.91 Å². The van der Waals surface area contributed by atoms with Gasteiger partial charge in [-0.2, -0.15) is 0 Å². The smallest absolute Gasteiger partial charge is 0.307 e. The number of ether oxygens (including phenoxy) is 1. The molecule has 0 spiro atoms. The van der Waals surface area contributed by atoms with Gasteiger partial charge in [-0.3, -0.25) is 9.59 Å². The predicted molar refractivity (Wildman–Crippen MR) is 81.7 cm³/mol. The largest absolute Gasteiger partial charge is 0.497 e. The summed E-state index contributed by atoms with van der Waals surface area (Å²) >= 11 is 0. The Hall–Kier alpha value is -2.04. The Balaban J connectivity index is 1.76. The Morgan fingerprint density at radius 2 is 1.59 bits per heavy atom. The Morgan fingerprint density at radius 3 is 2.09 bits per heavy atom. The average molecular weight is 303 g/mol. The van der Waals surface area contributed by atoms with E-state index in [9.17, 15) is 14.7 Å². The van der Waals surface area contributed by atoms with Crippen molar-refractivity contribution in [2.45, 2.75) is 25.7 Å². The zero-order chi connectivity index (χ0) is 15.7. The van der Waals surface area contributed by atoms with E-state index in [0.717, 1.165) is 31.4 Å². The number of anilines is 1. The lowest BCUT2D eigenvalue weighted by Crippen LogP contribution is -2.49. The molecule has 0 aromatic heterocycles. The average Bonchev–Trinajstić information content (AvgIpc) is 2.55. The highest BCUT2D eigenvalue weighted by Crippen LogP contribution is 2.49. The first-order valence-corrected chi connectivity index (χ1v) is 7.78. The Kier molecular flexibility index (Phi) is 4.05. The number of hydrogen-bond donors (Lipinski definition) is 2. The third-order valence-corrected chi connectivity index (χ3v) is 5.16. The highest BCUT2D eigenvalue weighted by Gasteiger charge is 2.50. The molecule has 2 bridgehead atoms. The van der Waals surface area contributed by atoms with Gasteiger partial charge in [0.15, 0.2) is 0 Å². The molecule has 5 heteroatoms. The van der Waals surface area contributed by atoms with Crippen molar-refractivity contribution in [3.63, 3.8) is 0 Å². The molecule has 5 nitrogen and oxygen atoms in total. The number of carbonyl (C=O) groups is 2. The number of aliphatic carboxylic acids is 1. The normalized spacial score (nSPS) is 29.9. The molecule has 0 heterocycles. The number of nitrogens with one attached hydrogen (secondary N) is 1. The van der Waals surface area contributed by atoms with Gasteiger partial charge in [0, 0.05) is 5.69 Å². The lowest BCUT2D eigenvalue weighted by molar-refractivity contribution is -0.156. The molecular formula is C17H21NO4. The van der Waals surface area contributed by atoms with Crippen LogP contribution in [0.3, 0.4) is 0 Å². The van der Waals surface area contributed by atoms with Gasteiger partial charge in [-0.15, -0.1) is 0 Å². The van der Waals surface area contributed by atoms with E-state index in [0.29, 0.717) is 5.69 Å². The van der Waals surface area contributed by atoms with Gasteiger partial charge in [0.25, 0.3) is 0 Å². The van der Waals surface area contributed by atoms with Crippen LogP contribution in [0.5, 0.6) is 5.75 Å². The third kappa shape index (κ3) is 2.67. The molecule has 2 N–H and O–H groups in total. The summed E-state index contributed by atoms with van der Waals surface area (Å²) in [7, 11) is 1.59. The minimum atomic E-state index is -0.829. The number of hydrogen-bond acceptors (Lipinski definition) is 3. The zero-order valence-corrected chi connectivity index (χ0v) is 12.6. The maximum atomic E-state index is 12.6. The second-order valence-corrected chi connectivity index (χ2v) is 6.28. The van der Waals surface area contributed by atoms with Crippen molar-refractivity contribution < 1.29 is 19.4 Å². The van der Waals surface area contributed by atoms with E-state index in [-0.39, 0.29) is 17.7 Å². The van der Waals surface area contributed by atoms with Gasteiger partial charge in [-0.05, 0) is 61.8 Å². The van der Waals surface area contributed by atoms with Crippen LogP contribution in [0.2, 0.25) is 0 Å². The van der Waals surface area contributed by atoms with Crippen molar-refractivity contribution in [2.75, 3.05) is 12.4 Å². The van der Waals surface area contributed by atoms with E-state index in [4.69, 9.17) is 4.74 Å². The van der Waals surface area contributed by atoms with Crippen molar-refractivity contribution in [3.8, 4) is 5.75 Å². The van der Waals surface area contributed by atoms with Gasteiger partial charge in [0.05, 0.1) is 18.9 Å². The van der Waals surface area contributed by atoms with Crippen LogP contribution in [-0.4, -0.2) is 24.1 Å². The molecule has 0 unspecified atom stereocenters. The van der Waals surface area contributed by atoms with Crippen molar-refractivity contribution in [2.24, 2.45) is 23.7 Å². The van der Waals surface area contributed by atoms with Crippen LogP contribution in [0, 0.1) is 23.7 Å². The summed E-state index contributed by atoms with van der Waals surface area (Å²) in [5, 5.41) is 12.4. The number of rotatable bonds is 4. The van der Waals surface area contributed by atoms with Gasteiger partial charge in [-0.1, -0.05) is 0 Å². The number of amides is 1. The van der Waals surface area contributed by atoms with E-state index in [1.165, 1.54) is 0 Å². The molecule has 3 aliphatic carbocycles. The van der Waals surface area contributed by atoms with Crippen molar-refractivity contribution in [1.29, 1.82) is 0 Å². The van der Waals surface area contributed by atoms with Gasteiger partial charge in [0.1, 0.15) is 5.75 Å². The fourth-order valence-corrected chi connectivity index (χ4v) is 4.08. The summed E-state index contributed by atoms with van der Waals surface area (Å²) < 4.78 is 5.09. The zero-order valence-electron chi connectivity index (χ0n) is 12.6. The summed E-state index contributed by atoms with van der Waals surface area (Å²) in [6, 6.07) is 7.09. The number of carboxylic acids is 1. The summed E-state index contributed by atoms with van der Waals surface area (Å²) in [6.07, 6.45) is 3.81. The van der Waals surface area contributed by atoms with Crippen LogP contribution in [0.1, 0.15) is 25.7 Å². The lowest BCUT2D eigenvalue weighted by Gasteiger charge is -2.45. The number of methoxy groups -OCH3 is 1. The van der Waals surface area contributed by atoms with Gasteiger partial charge >= 0.3 is 5.97 Å². The molecule has 3 saturated carbocycles. The lowest BCUT2D eigenvalue weighted by atomic mass is 9.58. The molecule has 0 radical (unpaired) electrons. The van der Waals surface area contributed by atoms with E-state index in [2.05, 4.69) is 5.32 Å². The molecule has 3 aliphatic rings. The fraction of sp³-hybridized carbons (Fsp3) is 0.529. The van der Waals surface area contributed by atoms with Gasteiger partial charge in [-0.25, -0.2) is 0 Å². The molecule has 1 aromatic rings. The van der Waals surface area contributed by atoms with E-state index in [1.54, 1.807) is 31.4 Å². The molecule has 3 fully saturated rings. The van der Waals surface area contributed by atoms with Crippen molar-refractivity contribution in [3.05, 3.63) is 24.3 Å². The third-order valence-electron chi connectivity index (χ3n) is 5.16. The second kappa shape index (κ2) is 5.99. The SMILES string of the molecule is COc1ccc(NC(=O)[C@@H]2C3CCC(CC3)[C@H]2C(=O)O)cc1. The molecule has 0 saturated heterocycles. The van der Waals surface area contributed by atoms with Crippen LogP contribution >= 0.6 is 0 Å². The summed E-state index contributed by atoms with van der Waals surface area (Å²) in [5.74, 6) is -0.870. The highest BCUT2D eigenvalue weighted by atomic mass is 16.5. The van der Waals surface area contributed by atoms with Crippen LogP contribution in [0.25, 0.3) is 0 Å². The summed E-state index contributed by atoms with van der Waals surface area (Å²) in [6.45, 7) is 0. The molecular weight excluding hydrogens is 282 g/mol. The van der Waals surface area contributed by atoms with Crippen LogP contribution < -0.4 is 10.1 Å². The minimum Gasteiger partial charge on any atom is -0.497 e. The first-order chi connectivity index (χ1) is 10.6. The molecule has 22 heavy (non-hydrogen) atoms. The predicted octanol–water partition coefficient (Wildman–Crippen LogP) is 2.77. The summed E-state index contributed by atoms with van der Waals surface area (Å²) in [4.78, 5) is 24.2. The van der Waals surface area contributed by atoms with Crippen molar-refractivity contribution in [1.82, 2.24) is 0 Å². The van der Waals surface area contributed by atoms with Gasteiger partial charge < -0.3 is 15.2 Å². The van der Waals surface area contributed by atoms with Crippen molar-refractivity contribution >= 4 is 17.6 Å². The maximum Gasteiger partial charge on any atom is 0.307 e. The van der Waals surface area contributed by atoms with E-state index >= 15 is 0 Å². The molecule has 2 atom stereocenters. The number of fused-ring (bicyclic) bond motifs is 3. The monoisotopic (exact) mass is 303 g/mol. The molecule has 118 valence electrons. The van der Waals surface area contributed by atoms with Crippen LogP contribution in [0.4, 0.5) is 5.69 Å². The Bertz CT molecular complexity index is 561. The quantitative estimate of drug-likeness (QED) is 0.897. The van der Waals surface area contributed by atoms with E-state index < -0.39 is 17.8 Å². The maximum absolute atomic E-state index is 12.6.